The van der Waals surface area contributed by atoms with Crippen molar-refractivity contribution in [3.63, 3.8) is 0 Å². The van der Waals surface area contributed by atoms with Crippen LogP contribution in [0.25, 0.3) is 0 Å². The first-order chi connectivity index (χ1) is 6.59. The van der Waals surface area contributed by atoms with Gasteiger partial charge in [-0.1, -0.05) is 26.8 Å². The van der Waals surface area contributed by atoms with Crippen LogP contribution < -0.4 is 0 Å². The molecule has 0 aromatic rings. The van der Waals surface area contributed by atoms with Gasteiger partial charge in [-0.2, -0.15) is 0 Å². The van der Waals surface area contributed by atoms with Crippen LogP contribution in [-0.2, 0) is 9.53 Å². The minimum atomic E-state index is -0.161. The van der Waals surface area contributed by atoms with Crippen LogP contribution in [0.2, 0.25) is 0 Å². The molecule has 1 saturated carbocycles. The maximum absolute atomic E-state index is 11.2. The SMILES string of the molecule is CC(C)C1C(C)CC2C=CC(=O)OC21. The molecule has 4 unspecified atom stereocenters. The number of carbonyl (C=O) groups is 1. The van der Waals surface area contributed by atoms with E-state index in [1.807, 2.05) is 6.08 Å². The number of rotatable bonds is 1. The van der Waals surface area contributed by atoms with E-state index in [9.17, 15) is 4.79 Å². The summed E-state index contributed by atoms with van der Waals surface area (Å²) in [5.41, 5.74) is 0. The highest BCUT2D eigenvalue weighted by molar-refractivity contribution is 5.83. The molecular weight excluding hydrogens is 176 g/mol. The van der Waals surface area contributed by atoms with Crippen molar-refractivity contribution in [3.05, 3.63) is 12.2 Å². The summed E-state index contributed by atoms with van der Waals surface area (Å²) in [7, 11) is 0. The highest BCUT2D eigenvalue weighted by atomic mass is 16.5. The van der Waals surface area contributed by atoms with E-state index < -0.39 is 0 Å². The molecule has 1 heterocycles. The largest absolute Gasteiger partial charge is 0.458 e. The molecule has 2 rings (SSSR count). The summed E-state index contributed by atoms with van der Waals surface area (Å²) in [6.45, 7) is 6.70. The molecule has 78 valence electrons. The van der Waals surface area contributed by atoms with Crippen molar-refractivity contribution in [2.24, 2.45) is 23.7 Å². The Kier molecular flexibility index (Phi) is 2.38. The summed E-state index contributed by atoms with van der Waals surface area (Å²) in [5, 5.41) is 0. The van der Waals surface area contributed by atoms with Crippen molar-refractivity contribution < 1.29 is 9.53 Å². The first kappa shape index (κ1) is 9.75. The third-order valence-electron chi connectivity index (χ3n) is 3.60. The van der Waals surface area contributed by atoms with Crippen molar-refractivity contribution in [2.75, 3.05) is 0 Å². The Morgan fingerprint density at radius 1 is 1.50 bits per heavy atom. The number of ether oxygens (including phenoxy) is 1. The average molecular weight is 194 g/mol. The Morgan fingerprint density at radius 3 is 2.86 bits per heavy atom. The monoisotopic (exact) mass is 194 g/mol. The van der Waals surface area contributed by atoms with Gasteiger partial charge in [0.15, 0.2) is 0 Å². The molecule has 14 heavy (non-hydrogen) atoms. The normalized spacial score (nSPS) is 41.3. The third-order valence-corrected chi connectivity index (χ3v) is 3.60. The molecule has 0 saturated heterocycles. The van der Waals surface area contributed by atoms with Gasteiger partial charge in [-0.3, -0.25) is 0 Å². The van der Waals surface area contributed by atoms with Gasteiger partial charge in [-0.15, -0.1) is 0 Å². The molecule has 2 heteroatoms. The second kappa shape index (κ2) is 3.41. The van der Waals surface area contributed by atoms with Crippen LogP contribution in [-0.4, -0.2) is 12.1 Å². The summed E-state index contributed by atoms with van der Waals surface area (Å²) >= 11 is 0. The Hall–Kier alpha value is -0.790. The Morgan fingerprint density at radius 2 is 2.21 bits per heavy atom. The molecule has 1 fully saturated rings. The summed E-state index contributed by atoms with van der Waals surface area (Å²) in [6.07, 6.45) is 4.92. The van der Waals surface area contributed by atoms with E-state index in [1.165, 1.54) is 0 Å². The smallest absolute Gasteiger partial charge is 0.330 e. The van der Waals surface area contributed by atoms with Gasteiger partial charge in [0.25, 0.3) is 0 Å². The average Bonchev–Trinajstić information content (AvgIpc) is 2.40. The van der Waals surface area contributed by atoms with Crippen LogP contribution in [0, 0.1) is 23.7 Å². The van der Waals surface area contributed by atoms with E-state index in [1.54, 1.807) is 6.08 Å². The zero-order valence-corrected chi connectivity index (χ0v) is 9.07. The van der Waals surface area contributed by atoms with E-state index in [0.717, 1.165) is 6.42 Å². The summed E-state index contributed by atoms with van der Waals surface area (Å²) < 4.78 is 5.43. The standard InChI is InChI=1S/C12H18O2/c1-7(2)11-8(3)6-9-4-5-10(13)14-12(9)11/h4-5,7-9,11-12H,6H2,1-3H3. The van der Waals surface area contributed by atoms with Crippen LogP contribution in [0.1, 0.15) is 27.2 Å². The minimum Gasteiger partial charge on any atom is -0.458 e. The van der Waals surface area contributed by atoms with E-state index in [-0.39, 0.29) is 12.1 Å². The van der Waals surface area contributed by atoms with Crippen molar-refractivity contribution in [1.82, 2.24) is 0 Å². The van der Waals surface area contributed by atoms with E-state index >= 15 is 0 Å². The minimum absolute atomic E-state index is 0.141. The van der Waals surface area contributed by atoms with Gasteiger partial charge in [0, 0.05) is 17.9 Å². The molecule has 2 aliphatic rings. The maximum atomic E-state index is 11.2. The lowest BCUT2D eigenvalue weighted by Crippen LogP contribution is -2.33. The summed E-state index contributed by atoms with van der Waals surface area (Å²) in [4.78, 5) is 11.2. The predicted molar refractivity (Wildman–Crippen MR) is 54.6 cm³/mol. The molecule has 0 aromatic carbocycles. The Balaban J connectivity index is 2.21. The van der Waals surface area contributed by atoms with E-state index in [2.05, 4.69) is 20.8 Å². The highest BCUT2D eigenvalue weighted by Gasteiger charge is 2.44. The number of hydrogen-bond donors (Lipinski definition) is 0. The Bertz CT molecular complexity index is 267. The van der Waals surface area contributed by atoms with E-state index in [4.69, 9.17) is 4.74 Å². The van der Waals surface area contributed by atoms with Crippen molar-refractivity contribution in [2.45, 2.75) is 33.3 Å². The quantitative estimate of drug-likeness (QED) is 0.599. The first-order valence-corrected chi connectivity index (χ1v) is 5.48. The molecular formula is C12H18O2. The molecule has 0 N–H and O–H groups in total. The van der Waals surface area contributed by atoms with Gasteiger partial charge in [0.05, 0.1) is 0 Å². The van der Waals surface area contributed by atoms with Crippen LogP contribution in [0.5, 0.6) is 0 Å². The Labute approximate surface area is 85.3 Å². The van der Waals surface area contributed by atoms with Crippen LogP contribution in [0.4, 0.5) is 0 Å². The van der Waals surface area contributed by atoms with Crippen molar-refractivity contribution in [3.8, 4) is 0 Å². The van der Waals surface area contributed by atoms with Gasteiger partial charge < -0.3 is 4.74 Å². The number of fused-ring (bicyclic) bond motifs is 1. The van der Waals surface area contributed by atoms with Gasteiger partial charge in [0.2, 0.25) is 0 Å². The lowest BCUT2D eigenvalue weighted by molar-refractivity contribution is -0.148. The van der Waals surface area contributed by atoms with Crippen molar-refractivity contribution >= 4 is 5.97 Å². The number of esters is 1. The molecule has 0 aromatic heterocycles. The van der Waals surface area contributed by atoms with Crippen LogP contribution >= 0.6 is 0 Å². The second-order valence-electron chi connectivity index (χ2n) is 4.96. The van der Waals surface area contributed by atoms with Crippen LogP contribution in [0.3, 0.4) is 0 Å². The predicted octanol–water partition coefficient (Wildman–Crippen LogP) is 2.40. The molecule has 0 spiro atoms. The van der Waals surface area contributed by atoms with Gasteiger partial charge in [-0.25, -0.2) is 4.79 Å². The summed E-state index contributed by atoms with van der Waals surface area (Å²) in [5.74, 6) is 2.11. The third kappa shape index (κ3) is 1.47. The molecule has 1 aliphatic heterocycles. The van der Waals surface area contributed by atoms with Gasteiger partial charge >= 0.3 is 5.97 Å². The first-order valence-electron chi connectivity index (χ1n) is 5.48. The number of hydrogen-bond acceptors (Lipinski definition) is 2. The highest BCUT2D eigenvalue weighted by Crippen LogP contribution is 2.44. The molecule has 2 nitrogen and oxygen atoms in total. The maximum Gasteiger partial charge on any atom is 0.330 e. The lowest BCUT2D eigenvalue weighted by atomic mass is 9.85. The molecule has 0 radical (unpaired) electrons. The fraction of sp³-hybridized carbons (Fsp3) is 0.750. The molecule has 0 bridgehead atoms. The van der Waals surface area contributed by atoms with Crippen molar-refractivity contribution in [1.29, 1.82) is 0 Å². The zero-order valence-electron chi connectivity index (χ0n) is 9.07. The topological polar surface area (TPSA) is 26.3 Å². The fourth-order valence-corrected chi connectivity index (χ4v) is 3.10. The second-order valence-corrected chi connectivity index (χ2v) is 4.96. The van der Waals surface area contributed by atoms with Gasteiger partial charge in [0.1, 0.15) is 6.10 Å². The molecule has 4 atom stereocenters. The number of carbonyl (C=O) groups excluding carboxylic acids is 1. The fourth-order valence-electron chi connectivity index (χ4n) is 3.10. The van der Waals surface area contributed by atoms with E-state index in [0.29, 0.717) is 23.7 Å². The summed E-state index contributed by atoms with van der Waals surface area (Å²) in [6, 6.07) is 0. The van der Waals surface area contributed by atoms with Gasteiger partial charge in [-0.05, 0) is 18.3 Å². The zero-order chi connectivity index (χ0) is 10.3. The lowest BCUT2D eigenvalue weighted by Gasteiger charge is -2.29. The molecule has 0 amide bonds. The molecule has 1 aliphatic carbocycles. The van der Waals surface area contributed by atoms with Crippen LogP contribution in [0.15, 0.2) is 12.2 Å².